The van der Waals surface area contributed by atoms with Gasteiger partial charge in [0.15, 0.2) is 0 Å². The van der Waals surface area contributed by atoms with Crippen LogP contribution in [0.25, 0.3) is 0 Å². The Bertz CT molecular complexity index is 304. The molecule has 1 rings (SSSR count). The van der Waals surface area contributed by atoms with Crippen LogP contribution >= 0.6 is 11.3 Å². The van der Waals surface area contributed by atoms with Gasteiger partial charge in [-0.2, -0.15) is 0 Å². The topological polar surface area (TPSA) is 24.9 Å². The lowest BCUT2D eigenvalue weighted by Crippen LogP contribution is -2.15. The molecule has 78 valence electrons. The minimum Gasteiger partial charge on any atom is -0.312 e. The molecule has 1 atom stereocenters. The summed E-state index contributed by atoms with van der Waals surface area (Å²) in [5.74, 6) is 0. The largest absolute Gasteiger partial charge is 0.312 e. The van der Waals surface area contributed by atoms with Gasteiger partial charge in [-0.1, -0.05) is 5.57 Å². The van der Waals surface area contributed by atoms with Crippen molar-refractivity contribution in [1.29, 1.82) is 0 Å². The van der Waals surface area contributed by atoms with Gasteiger partial charge < -0.3 is 5.32 Å². The molecule has 3 heteroatoms. The van der Waals surface area contributed by atoms with Crippen molar-refractivity contribution >= 4 is 11.3 Å². The normalized spacial score (nSPS) is 12.8. The molecule has 0 bridgehead atoms. The number of thiazole rings is 1. The van der Waals surface area contributed by atoms with Gasteiger partial charge in [-0.3, -0.25) is 0 Å². The van der Waals surface area contributed by atoms with E-state index in [0.717, 1.165) is 17.8 Å². The highest BCUT2D eigenvalue weighted by Gasteiger charge is 2.11. The molecule has 1 heterocycles. The average Bonchev–Trinajstić information content (AvgIpc) is 2.53. The molecule has 0 saturated heterocycles. The van der Waals surface area contributed by atoms with Gasteiger partial charge in [0.1, 0.15) is 0 Å². The zero-order valence-electron chi connectivity index (χ0n) is 9.13. The molecular weight excluding hydrogens is 192 g/mol. The number of allylic oxidation sites excluding steroid dienone is 1. The predicted octanol–water partition coefficient (Wildman–Crippen LogP) is 3.07. The fraction of sp³-hybridized carbons (Fsp3) is 0.545. The molecule has 0 aromatic carbocycles. The molecule has 1 unspecified atom stereocenters. The molecule has 1 N–H and O–H groups in total. The van der Waals surface area contributed by atoms with Crippen LogP contribution < -0.4 is 5.32 Å². The fourth-order valence-electron chi connectivity index (χ4n) is 1.36. The van der Waals surface area contributed by atoms with Gasteiger partial charge in [0.25, 0.3) is 0 Å². The predicted molar refractivity (Wildman–Crippen MR) is 62.7 cm³/mol. The highest BCUT2D eigenvalue weighted by atomic mass is 32.1. The summed E-state index contributed by atoms with van der Waals surface area (Å²) in [6.45, 7) is 8.04. The smallest absolute Gasteiger partial charge is 0.0897 e. The van der Waals surface area contributed by atoms with Crippen LogP contribution in [0.15, 0.2) is 18.3 Å². The first kappa shape index (κ1) is 11.4. The summed E-state index contributed by atoms with van der Waals surface area (Å²) in [6, 6.07) is 0.429. The summed E-state index contributed by atoms with van der Waals surface area (Å²) in [4.78, 5) is 5.59. The summed E-state index contributed by atoms with van der Waals surface area (Å²) >= 11 is 1.77. The van der Waals surface area contributed by atoms with Crippen LogP contribution in [0.4, 0.5) is 0 Å². The number of aryl methyl sites for hydroxylation is 1. The Kier molecular flexibility index (Phi) is 4.29. The number of nitrogens with one attached hydrogen (secondary N) is 1. The van der Waals surface area contributed by atoms with Gasteiger partial charge in [0, 0.05) is 17.1 Å². The standard InChI is InChI=1S/C11H18N2S/c1-8(2)5-6-10(12-4)11-7-13-9(3)14-11/h7,10,12H,1,5-6H2,2-4H3. The second kappa shape index (κ2) is 5.27. The van der Waals surface area contributed by atoms with Crippen molar-refractivity contribution in [3.8, 4) is 0 Å². The first-order valence-electron chi connectivity index (χ1n) is 4.87. The second-order valence-corrected chi connectivity index (χ2v) is 4.89. The minimum absolute atomic E-state index is 0.429. The van der Waals surface area contributed by atoms with E-state index < -0.39 is 0 Å². The van der Waals surface area contributed by atoms with E-state index in [2.05, 4.69) is 23.8 Å². The van der Waals surface area contributed by atoms with Crippen molar-refractivity contribution in [2.24, 2.45) is 0 Å². The molecule has 0 radical (unpaired) electrons. The Labute approximate surface area is 90.1 Å². The van der Waals surface area contributed by atoms with Gasteiger partial charge in [0.05, 0.1) is 5.01 Å². The van der Waals surface area contributed by atoms with Gasteiger partial charge in [-0.25, -0.2) is 4.98 Å². The Hall–Kier alpha value is -0.670. The van der Waals surface area contributed by atoms with E-state index in [-0.39, 0.29) is 0 Å². The Morgan fingerprint density at radius 3 is 2.86 bits per heavy atom. The van der Waals surface area contributed by atoms with Crippen molar-refractivity contribution < 1.29 is 0 Å². The van der Waals surface area contributed by atoms with E-state index in [9.17, 15) is 0 Å². The Morgan fingerprint density at radius 1 is 1.71 bits per heavy atom. The third-order valence-electron chi connectivity index (χ3n) is 2.19. The molecule has 2 nitrogen and oxygen atoms in total. The van der Waals surface area contributed by atoms with Crippen LogP contribution in [0.2, 0.25) is 0 Å². The van der Waals surface area contributed by atoms with Crippen molar-refractivity contribution in [1.82, 2.24) is 10.3 Å². The fourth-order valence-corrected chi connectivity index (χ4v) is 2.29. The van der Waals surface area contributed by atoms with E-state index >= 15 is 0 Å². The highest BCUT2D eigenvalue weighted by molar-refractivity contribution is 7.11. The average molecular weight is 210 g/mol. The lowest BCUT2D eigenvalue weighted by Gasteiger charge is -2.13. The van der Waals surface area contributed by atoms with Crippen molar-refractivity contribution in [2.75, 3.05) is 7.05 Å². The maximum absolute atomic E-state index is 4.27. The van der Waals surface area contributed by atoms with E-state index in [4.69, 9.17) is 0 Å². The molecule has 0 amide bonds. The van der Waals surface area contributed by atoms with Crippen molar-refractivity contribution in [2.45, 2.75) is 32.7 Å². The summed E-state index contributed by atoms with van der Waals surface area (Å²) < 4.78 is 0. The summed E-state index contributed by atoms with van der Waals surface area (Å²) in [6.07, 6.45) is 4.15. The SMILES string of the molecule is C=C(C)CCC(NC)c1cnc(C)s1. The van der Waals surface area contributed by atoms with Crippen LogP contribution in [-0.2, 0) is 0 Å². The number of nitrogens with zero attached hydrogens (tertiary/aromatic N) is 1. The summed E-state index contributed by atoms with van der Waals surface area (Å²) in [5, 5.41) is 4.45. The molecule has 1 aromatic rings. The maximum Gasteiger partial charge on any atom is 0.0897 e. The second-order valence-electron chi connectivity index (χ2n) is 3.62. The third kappa shape index (κ3) is 3.24. The van der Waals surface area contributed by atoms with Gasteiger partial charge in [-0.05, 0) is 33.7 Å². The summed E-state index contributed by atoms with van der Waals surface area (Å²) in [7, 11) is 2.00. The molecule has 0 spiro atoms. The van der Waals surface area contributed by atoms with Crippen molar-refractivity contribution in [3.63, 3.8) is 0 Å². The number of hydrogen-bond acceptors (Lipinski definition) is 3. The van der Waals surface area contributed by atoms with Gasteiger partial charge in [0.2, 0.25) is 0 Å². The quantitative estimate of drug-likeness (QED) is 0.755. The number of aromatic nitrogens is 1. The molecule has 0 saturated carbocycles. The Balaban J connectivity index is 2.58. The lowest BCUT2D eigenvalue weighted by atomic mass is 10.1. The van der Waals surface area contributed by atoms with Crippen molar-refractivity contribution in [3.05, 3.63) is 28.2 Å². The van der Waals surface area contributed by atoms with E-state index in [0.29, 0.717) is 6.04 Å². The Morgan fingerprint density at radius 2 is 2.43 bits per heavy atom. The molecular formula is C11H18N2S. The number of hydrogen-bond donors (Lipinski definition) is 1. The molecule has 0 fully saturated rings. The van der Waals surface area contributed by atoms with Gasteiger partial charge in [-0.15, -0.1) is 17.9 Å². The molecule has 14 heavy (non-hydrogen) atoms. The summed E-state index contributed by atoms with van der Waals surface area (Å²) in [5.41, 5.74) is 1.24. The highest BCUT2D eigenvalue weighted by Crippen LogP contribution is 2.24. The zero-order chi connectivity index (χ0) is 10.6. The molecule has 0 aliphatic heterocycles. The van der Waals surface area contributed by atoms with Crippen LogP contribution in [-0.4, -0.2) is 12.0 Å². The van der Waals surface area contributed by atoms with Gasteiger partial charge >= 0.3 is 0 Å². The van der Waals surface area contributed by atoms with Crippen LogP contribution in [0.5, 0.6) is 0 Å². The molecule has 0 aliphatic rings. The first-order valence-corrected chi connectivity index (χ1v) is 5.69. The van der Waals surface area contributed by atoms with E-state index in [1.807, 2.05) is 20.2 Å². The monoisotopic (exact) mass is 210 g/mol. The van der Waals surface area contributed by atoms with E-state index in [1.165, 1.54) is 10.5 Å². The minimum atomic E-state index is 0.429. The molecule has 1 aromatic heterocycles. The third-order valence-corrected chi connectivity index (χ3v) is 3.22. The van der Waals surface area contributed by atoms with Crippen LogP contribution in [0.3, 0.4) is 0 Å². The van der Waals surface area contributed by atoms with Crippen LogP contribution in [0, 0.1) is 6.92 Å². The number of rotatable bonds is 5. The first-order chi connectivity index (χ1) is 6.63. The van der Waals surface area contributed by atoms with E-state index in [1.54, 1.807) is 11.3 Å². The van der Waals surface area contributed by atoms with Crippen LogP contribution in [0.1, 0.15) is 35.7 Å². The zero-order valence-corrected chi connectivity index (χ0v) is 9.95. The molecule has 0 aliphatic carbocycles. The maximum atomic E-state index is 4.27. The lowest BCUT2D eigenvalue weighted by molar-refractivity contribution is 0.556.